The van der Waals surface area contributed by atoms with Crippen molar-refractivity contribution in [3.63, 3.8) is 0 Å². The van der Waals surface area contributed by atoms with Crippen LogP contribution in [0.1, 0.15) is 17.7 Å². The summed E-state index contributed by atoms with van der Waals surface area (Å²) in [5.41, 5.74) is 1.15. The zero-order chi connectivity index (χ0) is 14.0. The Labute approximate surface area is 117 Å². The van der Waals surface area contributed by atoms with Crippen LogP contribution in [0.2, 0.25) is 0 Å². The van der Waals surface area contributed by atoms with Crippen molar-refractivity contribution in [2.24, 2.45) is 0 Å². The Balaban J connectivity index is 1.62. The zero-order valence-electron chi connectivity index (χ0n) is 11.5. The van der Waals surface area contributed by atoms with Gasteiger partial charge >= 0.3 is 0 Å². The lowest BCUT2D eigenvalue weighted by atomic mass is 10.0. The van der Waals surface area contributed by atoms with Crippen LogP contribution in [0.15, 0.2) is 22.7 Å². The number of rotatable bonds is 5. The second-order valence-corrected chi connectivity index (χ2v) is 5.31. The number of aryl methyl sites for hydroxylation is 1. The highest BCUT2D eigenvalue weighted by molar-refractivity contribution is 5.56. The molecule has 0 aliphatic carbocycles. The van der Waals surface area contributed by atoms with Crippen LogP contribution in [-0.4, -0.2) is 40.7 Å². The summed E-state index contributed by atoms with van der Waals surface area (Å²) in [6.45, 7) is 4.06. The van der Waals surface area contributed by atoms with Gasteiger partial charge in [-0.3, -0.25) is 5.10 Å². The van der Waals surface area contributed by atoms with Crippen molar-refractivity contribution in [2.45, 2.75) is 25.5 Å². The third-order valence-corrected chi connectivity index (χ3v) is 3.56. The van der Waals surface area contributed by atoms with E-state index in [0.717, 1.165) is 22.8 Å². The predicted molar refractivity (Wildman–Crippen MR) is 73.1 cm³/mol. The first-order valence-corrected chi connectivity index (χ1v) is 6.76. The van der Waals surface area contributed by atoms with Gasteiger partial charge in [-0.15, -0.1) is 0 Å². The lowest BCUT2D eigenvalue weighted by Gasteiger charge is -2.20. The molecule has 0 radical (unpaired) electrons. The first-order chi connectivity index (χ1) is 9.66. The first-order valence-electron chi connectivity index (χ1n) is 6.76. The summed E-state index contributed by atoms with van der Waals surface area (Å²) >= 11 is 0. The van der Waals surface area contributed by atoms with Crippen LogP contribution in [0, 0.1) is 6.92 Å². The molecule has 2 aromatic rings. The predicted octanol–water partition coefficient (Wildman–Crippen LogP) is 1.22. The van der Waals surface area contributed by atoms with Crippen molar-refractivity contribution < 1.29 is 14.3 Å². The summed E-state index contributed by atoms with van der Waals surface area (Å²) in [7, 11) is 0. The molecule has 1 fully saturated rings. The Morgan fingerprint density at radius 3 is 3.10 bits per heavy atom. The van der Waals surface area contributed by atoms with E-state index in [1.807, 2.05) is 19.1 Å². The Hall–Kier alpha value is -1.63. The van der Waals surface area contributed by atoms with Crippen LogP contribution in [0.5, 0.6) is 0 Å². The average molecular weight is 277 g/mol. The molecule has 6 heteroatoms. The highest BCUT2D eigenvalue weighted by Crippen LogP contribution is 2.23. The molecule has 6 nitrogen and oxygen atoms in total. The number of aromatic nitrogens is 2. The lowest BCUT2D eigenvalue weighted by Crippen LogP contribution is -2.40. The minimum atomic E-state index is -0.745. The van der Waals surface area contributed by atoms with E-state index in [1.165, 1.54) is 0 Å². The molecule has 0 saturated carbocycles. The summed E-state index contributed by atoms with van der Waals surface area (Å²) < 4.78 is 10.8. The highest BCUT2D eigenvalue weighted by atomic mass is 16.5. The van der Waals surface area contributed by atoms with Gasteiger partial charge in [0.15, 0.2) is 5.76 Å². The molecule has 0 spiro atoms. The molecule has 108 valence electrons. The molecule has 3 rings (SSSR count). The Morgan fingerprint density at radius 2 is 2.40 bits per heavy atom. The maximum absolute atomic E-state index is 10.2. The highest BCUT2D eigenvalue weighted by Gasteiger charge is 2.31. The maximum Gasteiger partial charge on any atom is 0.152 e. The van der Waals surface area contributed by atoms with Crippen LogP contribution in [0.4, 0.5) is 0 Å². The van der Waals surface area contributed by atoms with E-state index >= 15 is 0 Å². The Bertz CT molecular complexity index is 570. The molecule has 0 bridgehead atoms. The van der Waals surface area contributed by atoms with E-state index in [0.29, 0.717) is 32.7 Å². The number of nitrogens with one attached hydrogen (secondary N) is 2. The van der Waals surface area contributed by atoms with E-state index in [1.54, 1.807) is 6.20 Å². The van der Waals surface area contributed by atoms with Gasteiger partial charge in [-0.2, -0.15) is 5.10 Å². The maximum atomic E-state index is 10.2. The molecular weight excluding hydrogens is 258 g/mol. The van der Waals surface area contributed by atoms with Gasteiger partial charge in [0, 0.05) is 31.7 Å². The van der Waals surface area contributed by atoms with Gasteiger partial charge in [0.25, 0.3) is 0 Å². The van der Waals surface area contributed by atoms with Crippen molar-refractivity contribution in [3.8, 4) is 11.5 Å². The molecule has 3 N–H and O–H groups in total. The standard InChI is InChI=1S/C14H19N3O3/c1-10-2-3-12(20-10)13-11(7-16-17-13)6-15-8-14(18)4-5-19-9-14/h2-3,7,15,18H,4-6,8-9H2,1H3,(H,16,17). The van der Waals surface area contributed by atoms with E-state index in [4.69, 9.17) is 9.15 Å². The number of furan rings is 1. The fraction of sp³-hybridized carbons (Fsp3) is 0.500. The third-order valence-electron chi connectivity index (χ3n) is 3.56. The van der Waals surface area contributed by atoms with Crippen LogP contribution in [0.25, 0.3) is 11.5 Å². The van der Waals surface area contributed by atoms with Gasteiger partial charge in [0.05, 0.1) is 12.8 Å². The van der Waals surface area contributed by atoms with Gasteiger partial charge in [0.2, 0.25) is 0 Å². The molecular formula is C14H19N3O3. The average Bonchev–Trinajstić information content (AvgIpc) is 3.11. The Kier molecular flexibility index (Phi) is 3.60. The van der Waals surface area contributed by atoms with Crippen molar-refractivity contribution in [1.29, 1.82) is 0 Å². The van der Waals surface area contributed by atoms with Gasteiger partial charge in [-0.1, -0.05) is 0 Å². The molecule has 1 saturated heterocycles. The number of aliphatic hydroxyl groups is 1. The zero-order valence-corrected chi connectivity index (χ0v) is 11.5. The number of nitrogens with zero attached hydrogens (tertiary/aromatic N) is 1. The molecule has 1 aliphatic rings. The van der Waals surface area contributed by atoms with E-state index < -0.39 is 5.60 Å². The quantitative estimate of drug-likeness (QED) is 0.765. The number of aromatic amines is 1. The van der Waals surface area contributed by atoms with Crippen molar-refractivity contribution in [3.05, 3.63) is 29.7 Å². The van der Waals surface area contributed by atoms with E-state index in [9.17, 15) is 5.11 Å². The monoisotopic (exact) mass is 277 g/mol. The van der Waals surface area contributed by atoms with Crippen molar-refractivity contribution in [1.82, 2.24) is 15.5 Å². The summed E-state index contributed by atoms with van der Waals surface area (Å²) in [5.74, 6) is 1.64. The molecule has 20 heavy (non-hydrogen) atoms. The normalized spacial score (nSPS) is 22.5. The van der Waals surface area contributed by atoms with Gasteiger partial charge in [-0.05, 0) is 19.1 Å². The number of hydrogen-bond acceptors (Lipinski definition) is 5. The smallest absolute Gasteiger partial charge is 0.152 e. The SMILES string of the molecule is Cc1ccc(-c2[nH]ncc2CNCC2(O)CCOC2)o1. The van der Waals surface area contributed by atoms with Crippen molar-refractivity contribution >= 4 is 0 Å². The van der Waals surface area contributed by atoms with Crippen LogP contribution in [0.3, 0.4) is 0 Å². The fourth-order valence-corrected chi connectivity index (χ4v) is 2.39. The number of hydrogen-bond donors (Lipinski definition) is 3. The van der Waals surface area contributed by atoms with Gasteiger partial charge in [0.1, 0.15) is 17.1 Å². The number of H-pyrrole nitrogens is 1. The van der Waals surface area contributed by atoms with E-state index in [2.05, 4.69) is 15.5 Å². The van der Waals surface area contributed by atoms with Gasteiger partial charge < -0.3 is 19.6 Å². The molecule has 1 unspecified atom stereocenters. The second kappa shape index (κ2) is 5.40. The fourth-order valence-electron chi connectivity index (χ4n) is 2.39. The van der Waals surface area contributed by atoms with Crippen LogP contribution in [-0.2, 0) is 11.3 Å². The molecule has 1 atom stereocenters. The molecule has 1 aliphatic heterocycles. The first kappa shape index (κ1) is 13.4. The summed E-state index contributed by atoms with van der Waals surface area (Å²) in [6.07, 6.45) is 2.45. The largest absolute Gasteiger partial charge is 0.460 e. The van der Waals surface area contributed by atoms with Gasteiger partial charge in [-0.25, -0.2) is 0 Å². The lowest BCUT2D eigenvalue weighted by molar-refractivity contribution is 0.0268. The van der Waals surface area contributed by atoms with Crippen molar-refractivity contribution in [2.75, 3.05) is 19.8 Å². The molecule has 0 amide bonds. The summed E-state index contributed by atoms with van der Waals surface area (Å²) in [6, 6.07) is 3.84. The summed E-state index contributed by atoms with van der Waals surface area (Å²) in [5, 5.41) is 20.5. The Morgan fingerprint density at radius 1 is 1.50 bits per heavy atom. The van der Waals surface area contributed by atoms with Crippen LogP contribution < -0.4 is 5.32 Å². The van der Waals surface area contributed by atoms with E-state index in [-0.39, 0.29) is 0 Å². The molecule has 3 heterocycles. The molecule has 0 aromatic carbocycles. The topological polar surface area (TPSA) is 83.3 Å². The second-order valence-electron chi connectivity index (χ2n) is 5.31. The summed E-state index contributed by atoms with van der Waals surface area (Å²) in [4.78, 5) is 0. The third kappa shape index (κ3) is 2.77. The molecule has 2 aromatic heterocycles. The number of ether oxygens (including phenoxy) is 1. The van der Waals surface area contributed by atoms with Crippen LogP contribution >= 0.6 is 0 Å². The minimum absolute atomic E-state index is 0.398. The minimum Gasteiger partial charge on any atom is -0.460 e.